The van der Waals surface area contributed by atoms with Crippen LogP contribution in [0.2, 0.25) is 0 Å². The molecule has 0 aliphatic heterocycles. The van der Waals surface area contributed by atoms with E-state index in [4.69, 9.17) is 4.74 Å². The number of carbonyl (C=O) groups excluding carboxylic acids is 1. The minimum Gasteiger partial charge on any atom is -0.445 e. The molecule has 0 radical (unpaired) electrons. The van der Waals surface area contributed by atoms with Gasteiger partial charge in [-0.15, -0.1) is 13.2 Å². The van der Waals surface area contributed by atoms with Gasteiger partial charge in [0.25, 0.3) is 0 Å². The Morgan fingerprint density at radius 2 is 1.85 bits per heavy atom. The number of carbonyl (C=O) groups is 1. The van der Waals surface area contributed by atoms with E-state index in [1.807, 2.05) is 30.3 Å². The van der Waals surface area contributed by atoms with Gasteiger partial charge in [-0.3, -0.25) is 0 Å². The van der Waals surface area contributed by atoms with E-state index in [1.165, 1.54) is 12.2 Å². The molecule has 2 aromatic rings. The number of rotatable bonds is 6. The molecule has 2 rings (SSSR count). The van der Waals surface area contributed by atoms with Crippen LogP contribution in [0.5, 0.6) is 5.75 Å². The molecule has 0 saturated heterocycles. The van der Waals surface area contributed by atoms with Crippen molar-refractivity contribution in [1.82, 2.24) is 5.32 Å². The summed E-state index contributed by atoms with van der Waals surface area (Å²) in [5, 5.41) is 2.44. The molecule has 0 bridgehead atoms. The average molecular weight is 369 g/mol. The van der Waals surface area contributed by atoms with Gasteiger partial charge in [0, 0.05) is 18.2 Å². The molecule has 0 saturated carbocycles. The van der Waals surface area contributed by atoms with Gasteiger partial charge >= 0.3 is 12.5 Å². The summed E-state index contributed by atoms with van der Waals surface area (Å²) in [6.45, 7) is 0.180. The van der Waals surface area contributed by atoms with Crippen LogP contribution in [-0.2, 0) is 11.3 Å². The Labute approximate surface area is 147 Å². The van der Waals surface area contributed by atoms with Crippen LogP contribution in [0, 0.1) is 5.82 Å². The maximum atomic E-state index is 13.7. The lowest BCUT2D eigenvalue weighted by Crippen LogP contribution is -2.24. The van der Waals surface area contributed by atoms with Gasteiger partial charge in [-0.2, -0.15) is 0 Å². The molecule has 0 heterocycles. The molecule has 4 nitrogen and oxygen atoms in total. The molecule has 0 atom stereocenters. The predicted octanol–water partition coefficient (Wildman–Crippen LogP) is 4.66. The second-order valence-corrected chi connectivity index (χ2v) is 5.08. The third-order valence-electron chi connectivity index (χ3n) is 3.08. The fraction of sp³-hybridized carbons (Fsp3) is 0.167. The largest absolute Gasteiger partial charge is 0.573 e. The Kier molecular flexibility index (Phi) is 6.60. The summed E-state index contributed by atoms with van der Waals surface area (Å²) in [6, 6.07) is 11.9. The molecule has 0 aliphatic rings. The number of benzene rings is 2. The Balaban J connectivity index is 1.78. The Morgan fingerprint density at radius 1 is 1.12 bits per heavy atom. The fourth-order valence-corrected chi connectivity index (χ4v) is 1.94. The molecule has 1 N–H and O–H groups in total. The molecule has 0 aromatic heterocycles. The van der Waals surface area contributed by atoms with Crippen LogP contribution in [0.1, 0.15) is 11.1 Å². The molecule has 8 heteroatoms. The minimum atomic E-state index is -4.88. The van der Waals surface area contributed by atoms with Crippen molar-refractivity contribution < 1.29 is 31.8 Å². The van der Waals surface area contributed by atoms with Gasteiger partial charge in [0.15, 0.2) is 0 Å². The lowest BCUT2D eigenvalue weighted by molar-refractivity contribution is -0.274. The monoisotopic (exact) mass is 369 g/mol. The molecule has 0 spiro atoms. The van der Waals surface area contributed by atoms with E-state index in [-0.39, 0.29) is 18.7 Å². The zero-order chi connectivity index (χ0) is 19.0. The number of hydrogen-bond acceptors (Lipinski definition) is 3. The molecule has 0 fully saturated rings. The first-order chi connectivity index (χ1) is 12.3. The third kappa shape index (κ3) is 6.84. The van der Waals surface area contributed by atoms with Crippen LogP contribution in [-0.4, -0.2) is 19.0 Å². The first-order valence-corrected chi connectivity index (χ1v) is 7.50. The molecule has 0 aliphatic carbocycles. The number of ether oxygens (including phenoxy) is 2. The van der Waals surface area contributed by atoms with Crippen LogP contribution < -0.4 is 10.1 Å². The van der Waals surface area contributed by atoms with E-state index < -0.39 is 24.0 Å². The van der Waals surface area contributed by atoms with Gasteiger partial charge in [0.2, 0.25) is 0 Å². The smallest absolute Gasteiger partial charge is 0.445 e. The van der Waals surface area contributed by atoms with E-state index >= 15 is 0 Å². The van der Waals surface area contributed by atoms with Crippen molar-refractivity contribution in [2.45, 2.75) is 13.0 Å². The van der Waals surface area contributed by atoms with Crippen molar-refractivity contribution in [3.8, 4) is 5.75 Å². The number of amides is 1. The summed E-state index contributed by atoms with van der Waals surface area (Å²) in [5.41, 5.74) is 0.889. The number of nitrogens with one attached hydrogen (secondary N) is 1. The van der Waals surface area contributed by atoms with Crippen LogP contribution >= 0.6 is 0 Å². The summed E-state index contributed by atoms with van der Waals surface area (Å²) in [4.78, 5) is 11.5. The summed E-state index contributed by atoms with van der Waals surface area (Å²) in [7, 11) is 0. The highest BCUT2D eigenvalue weighted by Crippen LogP contribution is 2.24. The van der Waals surface area contributed by atoms with E-state index in [0.717, 1.165) is 17.7 Å². The van der Waals surface area contributed by atoms with E-state index in [2.05, 4.69) is 10.1 Å². The van der Waals surface area contributed by atoms with Crippen molar-refractivity contribution in [2.24, 2.45) is 0 Å². The first kappa shape index (κ1) is 19.3. The Morgan fingerprint density at radius 3 is 2.50 bits per heavy atom. The standard InChI is InChI=1S/C18H15F4NO3/c19-16-11-15(26-18(20,21)22)9-8-14(16)7-4-10-23-17(24)25-12-13-5-2-1-3-6-13/h1-9,11H,10,12H2,(H,23,24). The van der Waals surface area contributed by atoms with Gasteiger partial charge in [0.05, 0.1) is 0 Å². The molecule has 0 unspecified atom stereocenters. The average Bonchev–Trinajstić information content (AvgIpc) is 2.58. The molecule has 1 amide bonds. The quantitative estimate of drug-likeness (QED) is 0.753. The van der Waals surface area contributed by atoms with E-state index in [1.54, 1.807) is 0 Å². The summed E-state index contributed by atoms with van der Waals surface area (Å²) >= 11 is 0. The lowest BCUT2D eigenvalue weighted by Gasteiger charge is -2.09. The normalized spacial score (nSPS) is 11.4. The zero-order valence-corrected chi connectivity index (χ0v) is 13.4. The number of alkyl carbamates (subject to hydrolysis) is 1. The SMILES string of the molecule is O=C(NCC=Cc1ccc(OC(F)(F)F)cc1F)OCc1ccccc1. The van der Waals surface area contributed by atoms with E-state index in [0.29, 0.717) is 6.07 Å². The molecule has 138 valence electrons. The highest BCUT2D eigenvalue weighted by Gasteiger charge is 2.31. The predicted molar refractivity (Wildman–Crippen MR) is 86.7 cm³/mol. The molecular weight excluding hydrogens is 354 g/mol. The Bertz CT molecular complexity index is 761. The van der Waals surface area contributed by atoms with Crippen molar-refractivity contribution in [3.05, 3.63) is 71.6 Å². The number of hydrogen-bond donors (Lipinski definition) is 1. The maximum Gasteiger partial charge on any atom is 0.573 e. The van der Waals surface area contributed by atoms with Gasteiger partial charge in [-0.05, 0) is 17.7 Å². The van der Waals surface area contributed by atoms with Crippen LogP contribution in [0.3, 0.4) is 0 Å². The molecule has 26 heavy (non-hydrogen) atoms. The Hall–Kier alpha value is -3.03. The second kappa shape index (κ2) is 8.89. The van der Waals surface area contributed by atoms with Crippen LogP contribution in [0.4, 0.5) is 22.4 Å². The van der Waals surface area contributed by atoms with Gasteiger partial charge in [-0.25, -0.2) is 9.18 Å². The number of halogens is 4. The van der Waals surface area contributed by atoms with Crippen molar-refractivity contribution in [2.75, 3.05) is 6.54 Å². The molecular formula is C18H15F4NO3. The third-order valence-corrected chi connectivity index (χ3v) is 3.08. The van der Waals surface area contributed by atoms with Crippen molar-refractivity contribution >= 4 is 12.2 Å². The van der Waals surface area contributed by atoms with Crippen molar-refractivity contribution in [3.63, 3.8) is 0 Å². The van der Waals surface area contributed by atoms with Crippen LogP contribution in [0.15, 0.2) is 54.6 Å². The molecule has 2 aromatic carbocycles. The lowest BCUT2D eigenvalue weighted by atomic mass is 10.2. The number of alkyl halides is 3. The maximum absolute atomic E-state index is 13.7. The zero-order valence-electron chi connectivity index (χ0n) is 13.4. The topological polar surface area (TPSA) is 47.6 Å². The highest BCUT2D eigenvalue weighted by atomic mass is 19.4. The van der Waals surface area contributed by atoms with Gasteiger partial charge in [0.1, 0.15) is 18.2 Å². The van der Waals surface area contributed by atoms with E-state index in [9.17, 15) is 22.4 Å². The van der Waals surface area contributed by atoms with Crippen molar-refractivity contribution in [1.29, 1.82) is 0 Å². The van der Waals surface area contributed by atoms with Gasteiger partial charge < -0.3 is 14.8 Å². The van der Waals surface area contributed by atoms with Crippen LogP contribution in [0.25, 0.3) is 6.08 Å². The second-order valence-electron chi connectivity index (χ2n) is 5.08. The minimum absolute atomic E-state index is 0.0546. The highest BCUT2D eigenvalue weighted by molar-refractivity contribution is 5.67. The van der Waals surface area contributed by atoms with Gasteiger partial charge in [-0.1, -0.05) is 42.5 Å². The summed E-state index contributed by atoms with van der Waals surface area (Å²) in [6.07, 6.45) is -2.77. The fourth-order valence-electron chi connectivity index (χ4n) is 1.94. The summed E-state index contributed by atoms with van der Waals surface area (Å²) < 4.78 is 58.5. The summed E-state index contributed by atoms with van der Waals surface area (Å²) in [5.74, 6) is -1.52. The first-order valence-electron chi connectivity index (χ1n) is 7.50.